The summed E-state index contributed by atoms with van der Waals surface area (Å²) < 4.78 is 13.4. The Morgan fingerprint density at radius 3 is 2.80 bits per heavy atom. The molecular weight excluding hydrogens is 316 g/mol. The van der Waals surface area contributed by atoms with Gasteiger partial charge in [0, 0.05) is 37.5 Å². The van der Waals surface area contributed by atoms with Gasteiger partial charge in [0.25, 0.3) is 0 Å². The van der Waals surface area contributed by atoms with E-state index < -0.39 is 5.60 Å². The van der Waals surface area contributed by atoms with Crippen molar-refractivity contribution in [3.63, 3.8) is 0 Å². The lowest BCUT2D eigenvalue weighted by atomic mass is 9.95. The van der Waals surface area contributed by atoms with E-state index in [4.69, 9.17) is 20.2 Å². The first-order valence-electron chi connectivity index (χ1n) is 8.38. The number of nitrogen functional groups attached to an aromatic ring is 1. The molecule has 4 heterocycles. The predicted octanol–water partition coefficient (Wildman–Crippen LogP) is 2.86. The summed E-state index contributed by atoms with van der Waals surface area (Å²) in [7, 11) is 1.72. The topological polar surface area (TPSA) is 74.7 Å². The summed E-state index contributed by atoms with van der Waals surface area (Å²) >= 11 is 0. The third-order valence-corrected chi connectivity index (χ3v) is 4.96. The number of methoxy groups -OCH3 is 1. The van der Waals surface area contributed by atoms with Crippen LogP contribution in [0.15, 0.2) is 30.6 Å². The molecule has 130 valence electrons. The molecule has 3 aromatic heterocycles. The Balaban J connectivity index is 1.91. The van der Waals surface area contributed by atoms with Crippen molar-refractivity contribution in [1.29, 1.82) is 0 Å². The van der Waals surface area contributed by atoms with Crippen LogP contribution in [0.5, 0.6) is 0 Å². The molecule has 1 fully saturated rings. The van der Waals surface area contributed by atoms with Gasteiger partial charge in [0.05, 0.1) is 23.5 Å². The van der Waals surface area contributed by atoms with Crippen molar-refractivity contribution >= 4 is 11.3 Å². The Labute approximate surface area is 146 Å². The van der Waals surface area contributed by atoms with Gasteiger partial charge in [0.1, 0.15) is 17.7 Å². The average Bonchev–Trinajstić information content (AvgIpc) is 3.20. The van der Waals surface area contributed by atoms with Crippen LogP contribution in [0.2, 0.25) is 0 Å². The summed E-state index contributed by atoms with van der Waals surface area (Å²) in [6, 6.07) is 8.18. The molecule has 6 heteroatoms. The molecule has 0 bridgehead atoms. The molecule has 1 saturated heterocycles. The molecule has 1 aliphatic rings. The van der Waals surface area contributed by atoms with Gasteiger partial charge in [-0.25, -0.2) is 9.97 Å². The van der Waals surface area contributed by atoms with E-state index in [1.54, 1.807) is 13.4 Å². The van der Waals surface area contributed by atoms with Crippen LogP contribution in [-0.4, -0.2) is 34.7 Å². The van der Waals surface area contributed by atoms with Gasteiger partial charge in [-0.05, 0) is 37.6 Å². The minimum Gasteiger partial charge on any atom is -0.384 e. The normalized spacial score (nSPS) is 20.4. The molecule has 1 atom stereocenters. The van der Waals surface area contributed by atoms with Gasteiger partial charge in [-0.3, -0.25) is 0 Å². The number of hydrogen-bond donors (Lipinski definition) is 1. The molecule has 0 aliphatic carbocycles. The maximum Gasteiger partial charge on any atom is 0.135 e. The molecule has 1 aliphatic heterocycles. The molecule has 0 radical (unpaired) electrons. The SMILES string of the molecule is CO[C@]1(c2cc(C)cc(-c3cc(C)n4cnc(N)cc34)n2)CCOC1. The second-order valence-electron chi connectivity index (χ2n) is 6.68. The summed E-state index contributed by atoms with van der Waals surface area (Å²) in [6.45, 7) is 5.35. The number of nitrogens with zero attached hydrogens (tertiary/aromatic N) is 3. The standard InChI is InChI=1S/C19H22N4O2/c1-12-6-15(22-17(7-12)19(24-3)4-5-25-10-19)14-8-13(2)23-11-21-18(20)9-16(14)23/h6-9,11H,4-5,10,20H2,1-3H3/t19-/m1/s1. The van der Waals surface area contributed by atoms with Gasteiger partial charge in [0.15, 0.2) is 0 Å². The van der Waals surface area contributed by atoms with Gasteiger partial charge in [-0.15, -0.1) is 0 Å². The van der Waals surface area contributed by atoms with Crippen LogP contribution in [-0.2, 0) is 15.1 Å². The fourth-order valence-electron chi connectivity index (χ4n) is 3.53. The van der Waals surface area contributed by atoms with Crippen molar-refractivity contribution in [1.82, 2.24) is 14.4 Å². The van der Waals surface area contributed by atoms with Crippen LogP contribution < -0.4 is 5.73 Å². The Morgan fingerprint density at radius 1 is 1.24 bits per heavy atom. The van der Waals surface area contributed by atoms with E-state index >= 15 is 0 Å². The number of pyridine rings is 1. The van der Waals surface area contributed by atoms with Crippen molar-refractivity contribution in [2.75, 3.05) is 26.1 Å². The highest BCUT2D eigenvalue weighted by atomic mass is 16.5. The molecule has 0 spiro atoms. The number of ether oxygens (including phenoxy) is 2. The zero-order chi connectivity index (χ0) is 17.6. The molecule has 0 amide bonds. The minimum absolute atomic E-state index is 0.466. The van der Waals surface area contributed by atoms with Gasteiger partial charge in [-0.1, -0.05) is 0 Å². The van der Waals surface area contributed by atoms with E-state index in [1.165, 1.54) is 0 Å². The lowest BCUT2D eigenvalue weighted by Crippen LogP contribution is -2.30. The molecule has 0 unspecified atom stereocenters. The molecule has 4 rings (SSSR count). The third kappa shape index (κ3) is 2.58. The maximum atomic E-state index is 5.90. The highest BCUT2D eigenvalue weighted by molar-refractivity contribution is 5.81. The van der Waals surface area contributed by atoms with Crippen molar-refractivity contribution in [2.45, 2.75) is 25.9 Å². The van der Waals surface area contributed by atoms with E-state index in [1.807, 2.05) is 17.4 Å². The molecule has 2 N–H and O–H groups in total. The van der Waals surface area contributed by atoms with Crippen molar-refractivity contribution < 1.29 is 9.47 Å². The molecule has 3 aromatic rings. The summed E-state index contributed by atoms with van der Waals surface area (Å²) in [5.41, 5.74) is 11.5. The fraction of sp³-hybridized carbons (Fsp3) is 0.368. The average molecular weight is 338 g/mol. The fourth-order valence-corrected chi connectivity index (χ4v) is 3.53. The molecule has 25 heavy (non-hydrogen) atoms. The molecule has 0 saturated carbocycles. The zero-order valence-electron chi connectivity index (χ0n) is 14.7. The smallest absolute Gasteiger partial charge is 0.135 e. The summed E-state index contributed by atoms with van der Waals surface area (Å²) in [5, 5.41) is 0. The van der Waals surface area contributed by atoms with Crippen molar-refractivity contribution in [2.24, 2.45) is 0 Å². The number of aromatic nitrogens is 3. The van der Waals surface area contributed by atoms with Crippen LogP contribution in [0.3, 0.4) is 0 Å². The van der Waals surface area contributed by atoms with Crippen LogP contribution in [0.4, 0.5) is 5.82 Å². The second kappa shape index (κ2) is 5.82. The summed E-state index contributed by atoms with van der Waals surface area (Å²) in [6.07, 6.45) is 2.56. The van der Waals surface area contributed by atoms with E-state index in [2.05, 4.69) is 30.1 Å². The van der Waals surface area contributed by atoms with Crippen LogP contribution in [0.1, 0.15) is 23.4 Å². The second-order valence-corrected chi connectivity index (χ2v) is 6.68. The number of nitrogens with two attached hydrogens (primary N) is 1. The van der Waals surface area contributed by atoms with E-state index in [9.17, 15) is 0 Å². The summed E-state index contributed by atoms with van der Waals surface area (Å²) in [4.78, 5) is 9.12. The Kier molecular flexibility index (Phi) is 3.74. The lowest BCUT2D eigenvalue weighted by molar-refractivity contribution is -0.0245. The number of anilines is 1. The van der Waals surface area contributed by atoms with Gasteiger partial charge < -0.3 is 19.6 Å². The van der Waals surface area contributed by atoms with E-state index in [0.29, 0.717) is 19.0 Å². The van der Waals surface area contributed by atoms with Crippen LogP contribution in [0.25, 0.3) is 16.8 Å². The first kappa shape index (κ1) is 16.1. The first-order valence-corrected chi connectivity index (χ1v) is 8.38. The number of fused-ring (bicyclic) bond motifs is 1. The summed E-state index contributed by atoms with van der Waals surface area (Å²) in [5.74, 6) is 0.497. The zero-order valence-corrected chi connectivity index (χ0v) is 14.7. The highest BCUT2D eigenvalue weighted by Gasteiger charge is 2.38. The number of hydrogen-bond acceptors (Lipinski definition) is 5. The minimum atomic E-state index is -0.466. The largest absolute Gasteiger partial charge is 0.384 e. The highest BCUT2D eigenvalue weighted by Crippen LogP contribution is 2.35. The van der Waals surface area contributed by atoms with Crippen molar-refractivity contribution in [3.05, 3.63) is 47.5 Å². The Bertz CT molecular complexity index is 942. The van der Waals surface area contributed by atoms with Crippen LogP contribution in [0, 0.1) is 13.8 Å². The van der Waals surface area contributed by atoms with Gasteiger partial charge in [-0.2, -0.15) is 0 Å². The maximum absolute atomic E-state index is 5.90. The van der Waals surface area contributed by atoms with Gasteiger partial charge in [0.2, 0.25) is 0 Å². The van der Waals surface area contributed by atoms with Crippen molar-refractivity contribution in [3.8, 4) is 11.3 Å². The molecule has 0 aromatic carbocycles. The lowest BCUT2D eigenvalue weighted by Gasteiger charge is -2.26. The monoisotopic (exact) mass is 338 g/mol. The van der Waals surface area contributed by atoms with E-state index in [-0.39, 0.29) is 0 Å². The third-order valence-electron chi connectivity index (χ3n) is 4.96. The Hall–Kier alpha value is -2.44. The van der Waals surface area contributed by atoms with E-state index in [0.717, 1.165) is 40.1 Å². The quantitative estimate of drug-likeness (QED) is 0.795. The number of rotatable bonds is 3. The first-order chi connectivity index (χ1) is 12.0. The molecule has 6 nitrogen and oxygen atoms in total. The van der Waals surface area contributed by atoms with Crippen LogP contribution >= 0.6 is 0 Å². The van der Waals surface area contributed by atoms with Gasteiger partial charge >= 0.3 is 0 Å². The predicted molar refractivity (Wildman–Crippen MR) is 96.4 cm³/mol. The Morgan fingerprint density at radius 2 is 2.08 bits per heavy atom. The number of aryl methyl sites for hydroxylation is 2. The molecular formula is C19H22N4O2.